The van der Waals surface area contributed by atoms with Crippen molar-refractivity contribution in [2.45, 2.75) is 37.8 Å². The SMILES string of the molecule is O=C1CC2(CCN(CCc3cccc4ccccc34)CC2)Oc2ccc(Cn3ccnc3)cc21. The second kappa shape index (κ2) is 8.73. The van der Waals surface area contributed by atoms with E-state index in [1.165, 1.54) is 16.3 Å². The summed E-state index contributed by atoms with van der Waals surface area (Å²) in [6.45, 7) is 3.67. The van der Waals surface area contributed by atoms with Crippen LogP contribution in [0.3, 0.4) is 0 Å². The third-order valence-corrected chi connectivity index (χ3v) is 7.42. The molecule has 5 heteroatoms. The standard InChI is InChI=1S/C29H29N3O2/c33-27-19-29(34-28-9-8-22(18-26(27)28)20-32-17-13-30-21-32)11-15-31(16-12-29)14-10-24-6-3-5-23-4-1-2-7-25(23)24/h1-9,13,17-18,21H,10-12,14-16,19-20H2. The number of benzene rings is 3. The molecule has 1 saturated heterocycles. The summed E-state index contributed by atoms with van der Waals surface area (Å²) < 4.78 is 8.53. The monoisotopic (exact) mass is 451 g/mol. The number of likely N-dealkylation sites (tertiary alicyclic amines) is 1. The third-order valence-electron chi connectivity index (χ3n) is 7.42. The molecule has 0 saturated carbocycles. The summed E-state index contributed by atoms with van der Waals surface area (Å²) in [5, 5.41) is 2.65. The van der Waals surface area contributed by atoms with Crippen molar-refractivity contribution in [3.63, 3.8) is 0 Å². The molecule has 2 aliphatic heterocycles. The van der Waals surface area contributed by atoms with E-state index in [4.69, 9.17) is 4.74 Å². The summed E-state index contributed by atoms with van der Waals surface area (Å²) in [6.07, 6.45) is 8.80. The fourth-order valence-electron chi connectivity index (χ4n) is 5.48. The number of Topliss-reactive ketones (excluding diaryl/α,β-unsaturated/α-hetero) is 1. The van der Waals surface area contributed by atoms with Crippen molar-refractivity contribution in [2.24, 2.45) is 0 Å². The van der Waals surface area contributed by atoms with Crippen LogP contribution in [0.25, 0.3) is 10.8 Å². The number of ether oxygens (including phenoxy) is 1. The summed E-state index contributed by atoms with van der Waals surface area (Å²) >= 11 is 0. The molecule has 0 amide bonds. The van der Waals surface area contributed by atoms with Gasteiger partial charge in [-0.25, -0.2) is 4.98 Å². The van der Waals surface area contributed by atoms with Gasteiger partial charge in [0.2, 0.25) is 0 Å². The Bertz CT molecular complexity index is 1320. The minimum Gasteiger partial charge on any atom is -0.486 e. The number of fused-ring (bicyclic) bond motifs is 2. The number of ketones is 1. The van der Waals surface area contributed by atoms with Gasteiger partial charge in [-0.15, -0.1) is 0 Å². The largest absolute Gasteiger partial charge is 0.486 e. The predicted octanol–water partition coefficient (Wildman–Crippen LogP) is 5.13. The predicted molar refractivity (Wildman–Crippen MR) is 133 cm³/mol. The molecule has 0 N–H and O–H groups in total. The van der Waals surface area contributed by atoms with Crippen LogP contribution in [0.2, 0.25) is 0 Å². The van der Waals surface area contributed by atoms with Crippen molar-refractivity contribution >= 4 is 16.6 Å². The fraction of sp³-hybridized carbons (Fsp3) is 0.310. The lowest BCUT2D eigenvalue weighted by Gasteiger charge is -2.44. The van der Waals surface area contributed by atoms with Gasteiger partial charge in [0.1, 0.15) is 11.4 Å². The first-order valence-electron chi connectivity index (χ1n) is 12.2. The number of imidazole rings is 1. The van der Waals surface area contributed by atoms with Gasteiger partial charge in [-0.05, 0) is 40.5 Å². The van der Waals surface area contributed by atoms with Crippen molar-refractivity contribution in [3.8, 4) is 5.75 Å². The molecule has 6 rings (SSSR count). The van der Waals surface area contributed by atoms with Gasteiger partial charge in [0, 0.05) is 51.4 Å². The van der Waals surface area contributed by atoms with Crippen LogP contribution in [-0.4, -0.2) is 45.5 Å². The van der Waals surface area contributed by atoms with E-state index in [1.54, 1.807) is 12.5 Å². The molecule has 1 aromatic heterocycles. The lowest BCUT2D eigenvalue weighted by molar-refractivity contribution is -0.00867. The van der Waals surface area contributed by atoms with Gasteiger partial charge in [-0.3, -0.25) is 4.79 Å². The average Bonchev–Trinajstić information content (AvgIpc) is 3.37. The lowest BCUT2D eigenvalue weighted by Crippen LogP contribution is -2.51. The van der Waals surface area contributed by atoms with E-state index in [9.17, 15) is 4.79 Å². The van der Waals surface area contributed by atoms with Crippen LogP contribution in [0.15, 0.2) is 79.4 Å². The van der Waals surface area contributed by atoms with Crippen LogP contribution in [0.1, 0.15) is 40.7 Å². The Morgan fingerprint density at radius 3 is 2.71 bits per heavy atom. The Balaban J connectivity index is 1.10. The Hall–Kier alpha value is -3.44. The van der Waals surface area contributed by atoms with Crippen molar-refractivity contribution in [1.82, 2.24) is 14.5 Å². The first kappa shape index (κ1) is 21.1. The minimum atomic E-state index is -0.355. The smallest absolute Gasteiger partial charge is 0.170 e. The third kappa shape index (κ3) is 4.12. The first-order valence-corrected chi connectivity index (χ1v) is 12.2. The molecule has 2 aliphatic rings. The molecule has 0 unspecified atom stereocenters. The molecule has 3 aromatic carbocycles. The van der Waals surface area contributed by atoms with E-state index in [-0.39, 0.29) is 11.4 Å². The molecule has 4 aromatic rings. The van der Waals surface area contributed by atoms with Crippen molar-refractivity contribution in [3.05, 3.63) is 96.1 Å². The van der Waals surface area contributed by atoms with Crippen LogP contribution in [-0.2, 0) is 13.0 Å². The molecular formula is C29H29N3O2. The highest BCUT2D eigenvalue weighted by Crippen LogP contribution is 2.39. The van der Waals surface area contributed by atoms with Gasteiger partial charge in [0.05, 0.1) is 18.3 Å². The van der Waals surface area contributed by atoms with Crippen molar-refractivity contribution < 1.29 is 9.53 Å². The fourth-order valence-corrected chi connectivity index (χ4v) is 5.48. The number of hydrogen-bond acceptors (Lipinski definition) is 4. The van der Waals surface area contributed by atoms with Gasteiger partial charge in [0.25, 0.3) is 0 Å². The van der Waals surface area contributed by atoms with E-state index < -0.39 is 0 Å². The summed E-state index contributed by atoms with van der Waals surface area (Å²) in [4.78, 5) is 19.7. The lowest BCUT2D eigenvalue weighted by atomic mass is 9.82. The number of rotatable bonds is 5. The maximum atomic E-state index is 13.1. The second-order valence-corrected chi connectivity index (χ2v) is 9.68. The molecule has 172 valence electrons. The van der Waals surface area contributed by atoms with Gasteiger partial charge in [-0.2, -0.15) is 0 Å². The van der Waals surface area contributed by atoms with Crippen LogP contribution in [0.5, 0.6) is 5.75 Å². The molecule has 1 spiro atoms. The molecule has 5 nitrogen and oxygen atoms in total. The summed E-state index contributed by atoms with van der Waals surface area (Å²) in [5.41, 5.74) is 2.86. The molecule has 3 heterocycles. The quantitative estimate of drug-likeness (QED) is 0.422. The minimum absolute atomic E-state index is 0.206. The van der Waals surface area contributed by atoms with Crippen LogP contribution >= 0.6 is 0 Å². The van der Waals surface area contributed by atoms with Gasteiger partial charge in [0.15, 0.2) is 5.78 Å². The molecule has 0 aliphatic carbocycles. The van der Waals surface area contributed by atoms with Crippen LogP contribution in [0.4, 0.5) is 0 Å². The average molecular weight is 452 g/mol. The Labute approximate surface area is 200 Å². The molecule has 0 bridgehead atoms. The number of hydrogen-bond donors (Lipinski definition) is 0. The highest BCUT2D eigenvalue weighted by Gasteiger charge is 2.42. The summed E-state index contributed by atoms with van der Waals surface area (Å²) in [7, 11) is 0. The maximum Gasteiger partial charge on any atom is 0.170 e. The molecular weight excluding hydrogens is 422 g/mol. The van der Waals surface area contributed by atoms with E-state index in [1.807, 2.05) is 22.9 Å². The Morgan fingerprint density at radius 2 is 1.85 bits per heavy atom. The summed E-state index contributed by atoms with van der Waals surface area (Å²) in [5.74, 6) is 0.952. The highest BCUT2D eigenvalue weighted by atomic mass is 16.5. The number of aromatic nitrogens is 2. The van der Waals surface area contributed by atoms with E-state index in [0.717, 1.165) is 55.8 Å². The van der Waals surface area contributed by atoms with E-state index >= 15 is 0 Å². The summed E-state index contributed by atoms with van der Waals surface area (Å²) in [6, 6.07) is 21.2. The zero-order valence-corrected chi connectivity index (χ0v) is 19.3. The van der Waals surface area contributed by atoms with Crippen molar-refractivity contribution in [1.29, 1.82) is 0 Å². The Kier molecular flexibility index (Phi) is 5.42. The van der Waals surface area contributed by atoms with Gasteiger partial charge < -0.3 is 14.2 Å². The number of piperidine rings is 1. The maximum absolute atomic E-state index is 13.1. The van der Waals surface area contributed by atoms with Crippen molar-refractivity contribution in [2.75, 3.05) is 19.6 Å². The molecule has 34 heavy (non-hydrogen) atoms. The molecule has 0 atom stereocenters. The Morgan fingerprint density at radius 1 is 1.00 bits per heavy atom. The number of carbonyl (C=O) groups is 1. The number of nitrogens with zero attached hydrogens (tertiary/aromatic N) is 3. The molecule has 1 fully saturated rings. The first-order chi connectivity index (χ1) is 16.7. The number of carbonyl (C=O) groups excluding carboxylic acids is 1. The normalized spacial score (nSPS) is 17.6. The van der Waals surface area contributed by atoms with Crippen LogP contribution in [0, 0.1) is 0 Å². The molecule has 0 radical (unpaired) electrons. The van der Waals surface area contributed by atoms with E-state index in [2.05, 4.69) is 58.4 Å². The zero-order chi connectivity index (χ0) is 23.0. The highest BCUT2D eigenvalue weighted by molar-refractivity contribution is 6.00. The van der Waals surface area contributed by atoms with Gasteiger partial charge >= 0.3 is 0 Å². The second-order valence-electron chi connectivity index (χ2n) is 9.68. The topological polar surface area (TPSA) is 47.4 Å². The van der Waals surface area contributed by atoms with Gasteiger partial charge in [-0.1, -0.05) is 48.5 Å². The zero-order valence-electron chi connectivity index (χ0n) is 19.3. The van der Waals surface area contributed by atoms with E-state index in [0.29, 0.717) is 13.0 Å². The van der Waals surface area contributed by atoms with Crippen LogP contribution < -0.4 is 4.74 Å².